The maximum absolute atomic E-state index is 13.2. The van der Waals surface area contributed by atoms with Crippen LogP contribution in [0.4, 0.5) is 31.9 Å². The van der Waals surface area contributed by atoms with Gasteiger partial charge in [-0.1, -0.05) is 19.3 Å². The first-order chi connectivity index (χ1) is 53.0. The summed E-state index contributed by atoms with van der Waals surface area (Å²) in [6, 6.07) is -0.325. The summed E-state index contributed by atoms with van der Waals surface area (Å²) in [7, 11) is -1.00. The average molecular weight is 1730 g/mol. The quantitative estimate of drug-likeness (QED) is 0.00859. The van der Waals surface area contributed by atoms with Crippen molar-refractivity contribution in [2.45, 2.75) is 206 Å². The van der Waals surface area contributed by atoms with Crippen molar-refractivity contribution < 1.29 is 154 Å². The Bertz CT molecular complexity index is 4180. The molecule has 9 atom stereocenters. The Morgan fingerprint density at radius 1 is 0.570 bits per heavy atom. The third-order valence-electron chi connectivity index (χ3n) is 18.9. The number of aromatic amines is 4. The van der Waals surface area contributed by atoms with Gasteiger partial charge >= 0.3 is 104 Å². The minimum absolute atomic E-state index is 0. The second-order valence-corrected chi connectivity index (χ2v) is 31.0. The van der Waals surface area contributed by atoms with Gasteiger partial charge in [-0.3, -0.25) is 76.4 Å². The Balaban J connectivity index is 0.000000721. The van der Waals surface area contributed by atoms with Crippen molar-refractivity contribution in [1.29, 1.82) is 0 Å². The summed E-state index contributed by atoms with van der Waals surface area (Å²) < 4.78 is 54.6. The van der Waals surface area contributed by atoms with Crippen LogP contribution in [-0.2, 0) is 56.3 Å². The molecule has 48 heteroatoms. The number of nitrogens with zero attached hydrogens (tertiary/aromatic N) is 3. The number of carbonyl (C=O) groups is 11. The molecule has 0 radical (unpaired) electrons. The minimum atomic E-state index is -1.30. The molecule has 0 bridgehead atoms. The molecule has 0 saturated carbocycles. The molecule has 10 heterocycles. The first-order valence-electron chi connectivity index (χ1n) is 35.7. The fourth-order valence-corrected chi connectivity index (χ4v) is 17.8. The van der Waals surface area contributed by atoms with Gasteiger partial charge in [-0.05, 0) is 86.5 Å². The maximum atomic E-state index is 13.2. The molecule has 3 aromatic rings. The SMILES string of the molecule is C[C@@]12CSC(CCCCC(=O)NCCCC(=O)Cn3cc(F)c(=O)[nH]c3=O)[C@]1(C)NC(=O)N2.C[C@@]12CSC(CCCCC(=O)NCCO)[C@]1(C)NC(=O)N2.C[C@@]12CSC(CCCCC(=O)ON3C(=O)CCC3=O)[C@]1(C)NC(=O)N2.NCCO.O=C(O)CCl.O=C(O)Cn1cc(F)c(=O)[nH]c1=O.O=c1[nH]cc(F)c(=O)[nH]1.[2H]CF.[K+].[OH-]. The molecule has 7 saturated heterocycles. The van der Waals surface area contributed by atoms with Gasteiger partial charge in [0.2, 0.25) is 29.3 Å². The second-order valence-electron chi connectivity index (χ2n) is 27.2. The maximum Gasteiger partial charge on any atom is 1.00 e. The number of hydroxylamine groups is 2. The van der Waals surface area contributed by atoms with E-state index in [0.717, 1.165) is 73.2 Å². The summed E-state index contributed by atoms with van der Waals surface area (Å²) in [5.41, 5.74) is -2.51. The number of imide groups is 1. The van der Waals surface area contributed by atoms with E-state index in [1.807, 2.05) is 40.3 Å². The number of thioether (sulfide) groups is 3. The van der Waals surface area contributed by atoms with Gasteiger partial charge in [0.25, 0.3) is 28.5 Å². The number of halogens is 5. The predicted molar refractivity (Wildman–Crippen MR) is 405 cm³/mol. The van der Waals surface area contributed by atoms with Gasteiger partial charge in [0, 0.05) is 97.4 Å². The number of unbranched alkanes of at least 4 members (excludes halogenated alkanes) is 3. The number of hydrogen-bond donors (Lipinski definition) is 17. The van der Waals surface area contributed by atoms with Crippen LogP contribution in [0.15, 0.2) is 47.4 Å². The van der Waals surface area contributed by atoms with Crippen molar-refractivity contribution in [3.63, 3.8) is 0 Å². The summed E-state index contributed by atoms with van der Waals surface area (Å²) >= 11 is 10.3. The van der Waals surface area contributed by atoms with Crippen molar-refractivity contribution in [2.24, 2.45) is 5.73 Å². The molecule has 3 unspecified atom stereocenters. The van der Waals surface area contributed by atoms with E-state index in [-0.39, 0.29) is 182 Å². The van der Waals surface area contributed by atoms with Gasteiger partial charge in [0.1, 0.15) is 12.4 Å². The molecule has 636 valence electrons. The van der Waals surface area contributed by atoms with Gasteiger partial charge < -0.3 is 84.0 Å². The van der Waals surface area contributed by atoms with Crippen LogP contribution in [0, 0.1) is 17.5 Å². The van der Waals surface area contributed by atoms with Crippen LogP contribution in [0.5, 0.6) is 0 Å². The van der Waals surface area contributed by atoms with Crippen molar-refractivity contribution in [3.05, 3.63) is 98.6 Å². The normalized spacial score (nSPS) is 23.9. The molecule has 10 rings (SSSR count). The number of Topliss-reactive ketones (excluding diaryl/α,β-unsaturated/α-hetero) is 1. The number of nitrogens with one attached hydrogen (secondary N) is 12. The molecule has 0 aliphatic carbocycles. The van der Waals surface area contributed by atoms with Gasteiger partial charge in [-0.25, -0.2) is 33.6 Å². The first-order valence-corrected chi connectivity index (χ1v) is 38.7. The minimum Gasteiger partial charge on any atom is -0.870 e. The van der Waals surface area contributed by atoms with Crippen molar-refractivity contribution in [1.82, 2.24) is 76.7 Å². The number of aliphatic hydroxyl groups excluding tert-OH is 2. The van der Waals surface area contributed by atoms with E-state index >= 15 is 0 Å². The number of ketones is 1. The molecule has 114 heavy (non-hydrogen) atoms. The molecule has 7 fully saturated rings. The third-order valence-corrected chi connectivity index (χ3v) is 24.7. The van der Waals surface area contributed by atoms with E-state index in [4.69, 9.17) is 44.0 Å². The first kappa shape index (κ1) is 103. The number of aromatic nitrogens is 6. The Labute approximate surface area is 711 Å². The fourth-order valence-electron chi connectivity index (χ4n) is 12.2. The van der Waals surface area contributed by atoms with E-state index in [2.05, 4.69) is 84.1 Å². The number of carbonyl (C=O) groups excluding carboxylic acids is 9. The number of carboxylic acid groups (broad SMARTS) is 2. The van der Waals surface area contributed by atoms with Crippen LogP contribution >= 0.6 is 46.9 Å². The van der Waals surface area contributed by atoms with Crippen LogP contribution in [0.3, 0.4) is 0 Å². The smallest absolute Gasteiger partial charge is 0.870 e. The van der Waals surface area contributed by atoms with Gasteiger partial charge in [-0.15, -0.1) is 16.7 Å². The number of amides is 10. The van der Waals surface area contributed by atoms with Gasteiger partial charge in [-0.2, -0.15) is 48.5 Å². The molecule has 19 N–H and O–H groups in total. The number of urea groups is 3. The van der Waals surface area contributed by atoms with Crippen molar-refractivity contribution >= 4 is 112 Å². The number of carboxylic acids is 2. The number of aliphatic hydroxyl groups is 2. The zero-order valence-electron chi connectivity index (χ0n) is 64.9. The summed E-state index contributed by atoms with van der Waals surface area (Å²) in [5.74, 6) is -5.15. The largest absolute Gasteiger partial charge is 1.00 e. The molecule has 10 amide bonds. The number of hydrogen-bond acceptors (Lipinski definition) is 25. The average Bonchev–Trinajstić information content (AvgIpc) is 1.59. The molecular weight excluding hydrogens is 1630 g/mol. The van der Waals surface area contributed by atoms with Crippen LogP contribution in [0.25, 0.3) is 0 Å². The van der Waals surface area contributed by atoms with Crippen molar-refractivity contribution in [2.75, 3.05) is 63.1 Å². The number of fused-ring (bicyclic) bond motifs is 3. The third kappa shape index (κ3) is 30.9. The predicted octanol–water partition coefficient (Wildman–Crippen LogP) is -3.03. The Hall–Kier alpha value is -7.45. The summed E-state index contributed by atoms with van der Waals surface area (Å²) in [4.78, 5) is 201. The van der Waals surface area contributed by atoms with E-state index in [0.29, 0.717) is 84.0 Å². The number of H-pyrrole nitrogens is 4. The number of aliphatic carboxylic acids is 2. The van der Waals surface area contributed by atoms with Crippen LogP contribution < -0.4 is 133 Å². The second kappa shape index (κ2) is 49.6. The molecule has 7 aliphatic heterocycles. The molecule has 39 nitrogen and oxygen atoms in total. The van der Waals surface area contributed by atoms with E-state index in [9.17, 15) is 99.1 Å². The number of rotatable bonds is 28. The standard InChI is InChI=1S/C21H30FN5O5S.C16H23N3O5S.C14H25N3O3S.C6H5FN2O4.C4H3FN2O2.C2H3ClO2.C2H7NO.CH3F.K.H2O/c1-20-12-33-15(21(20,2)26-18(31)25-20)7-3-4-8-16(29)23-9-5-6-13(28)10-27-11-14(22)17(30)24-19(27)32;1-15-9-25-10(16(15,2)18-14(23)17-15)5-3-4-6-13(22)24-19-11(20)7-8-12(19)21;1-13-9-21-10(14(13,2)17-12(20)16-13)5-3-4-6-11(19)15-7-8-18;7-3-1-9(2-4(10)11)6(13)8-5(3)12;5-2-1-6-4(9)7-3(2)8;3-1-2(4)5;3-1-2-4;1-2;;/h11,15H,3-10,12H2,1-2H3,(H,23,29)(H,24,30,32)(H2,25,26,31);10H,3-9H2,1-2H3,(H2,17,18,23);10,18H,3-9H2,1-2H3,(H,15,19)(H2,16,17,20);1H,2H2,(H,10,11)(H,8,12,13);1H,(H2,6,7,8,9);1H2,(H,4,5);4H,1-3H2;1H3;;1H2/q;;;;;;;;+1;/p-1/t15?,20-,21+;10?,15-,16+;10?,13-,14+;;;;;;;/m111......./s1/i;;;;;;;1D;;. The monoisotopic (exact) mass is 1730 g/mol. The zero-order chi connectivity index (χ0) is 85.2. The van der Waals surface area contributed by atoms with Gasteiger partial charge in [0.05, 0.1) is 73.9 Å². The van der Waals surface area contributed by atoms with Crippen LogP contribution in [0.1, 0.15) is 146 Å². The molecule has 7 aliphatic rings. The zero-order valence-corrected chi connectivity index (χ0v) is 70.2. The molecule has 3 aromatic heterocycles. The Morgan fingerprint density at radius 2 is 0.939 bits per heavy atom. The van der Waals surface area contributed by atoms with Crippen LogP contribution in [-0.4, -0.2) is 238 Å². The van der Waals surface area contributed by atoms with E-state index < -0.39 is 94.6 Å². The fraction of sp³-hybridized carbons (Fsp3) is 0.652. The summed E-state index contributed by atoms with van der Waals surface area (Å²) in [6.07, 6.45) is 11.3. The number of nitrogens with two attached hydrogens (primary N) is 1. The van der Waals surface area contributed by atoms with Crippen LogP contribution in [0.2, 0.25) is 0 Å². The molecular formula is C66H100ClF4KN16O23S3. The summed E-state index contributed by atoms with van der Waals surface area (Å²) in [5, 5.41) is 57.5. The van der Waals surface area contributed by atoms with Gasteiger partial charge in [0.15, 0.2) is 5.78 Å². The molecule has 0 spiro atoms. The van der Waals surface area contributed by atoms with Crippen molar-refractivity contribution in [3.8, 4) is 0 Å². The van der Waals surface area contributed by atoms with E-state index in [1.165, 1.54) is 0 Å². The van der Waals surface area contributed by atoms with E-state index in [1.54, 1.807) is 15.0 Å². The Morgan fingerprint density at radius 3 is 1.29 bits per heavy atom. The molecule has 0 aromatic carbocycles. The topological polar surface area (TPSA) is 609 Å². The number of alkyl halides is 2. The Kier molecular flexibility index (Phi) is 44.6. The summed E-state index contributed by atoms with van der Waals surface area (Å²) in [6.45, 7) is 12.5.